The van der Waals surface area contributed by atoms with Gasteiger partial charge in [-0.2, -0.15) is 0 Å². The molecule has 4 aliphatic carbocycles. The van der Waals surface area contributed by atoms with E-state index in [2.05, 4.69) is 22.9 Å². The van der Waals surface area contributed by atoms with Crippen molar-refractivity contribution < 1.29 is 9.90 Å². The topological polar surface area (TPSA) is 42.2 Å². The standard InChI is InChI=1S/C17H23NO2/c19-16(20)4-3-15-2-1-5-18(15)17-13-7-11-6-12(9-13)10-14(17)8-11/h1-2,5,11-14,17H,3-4,6-10H2,(H,19,20). The molecule has 0 saturated heterocycles. The molecule has 4 aliphatic rings. The van der Waals surface area contributed by atoms with Crippen molar-refractivity contribution >= 4 is 5.97 Å². The molecule has 20 heavy (non-hydrogen) atoms. The van der Waals surface area contributed by atoms with Gasteiger partial charge in [0.15, 0.2) is 0 Å². The molecule has 1 N–H and O–H groups in total. The summed E-state index contributed by atoms with van der Waals surface area (Å²) in [6.07, 6.45) is 10.2. The van der Waals surface area contributed by atoms with Crippen LogP contribution in [-0.2, 0) is 11.2 Å². The molecule has 0 atom stereocenters. The van der Waals surface area contributed by atoms with E-state index in [1.54, 1.807) is 0 Å². The normalized spacial score (nSPS) is 38.3. The molecule has 1 aromatic heterocycles. The number of carboxylic acids is 1. The third kappa shape index (κ3) is 1.99. The van der Waals surface area contributed by atoms with Crippen molar-refractivity contribution in [3.05, 3.63) is 24.0 Å². The Hall–Kier alpha value is -1.25. The summed E-state index contributed by atoms with van der Waals surface area (Å²) in [5, 5.41) is 8.91. The van der Waals surface area contributed by atoms with Crippen LogP contribution in [0.5, 0.6) is 0 Å². The molecule has 5 rings (SSSR count). The maximum absolute atomic E-state index is 10.8. The van der Waals surface area contributed by atoms with Gasteiger partial charge in [0.2, 0.25) is 0 Å². The predicted molar refractivity (Wildman–Crippen MR) is 76.5 cm³/mol. The van der Waals surface area contributed by atoms with Crippen LogP contribution in [-0.4, -0.2) is 15.6 Å². The number of rotatable bonds is 4. The Bertz CT molecular complexity index is 491. The molecule has 0 unspecified atom stereocenters. The first kappa shape index (κ1) is 12.5. The summed E-state index contributed by atoms with van der Waals surface area (Å²) in [6.45, 7) is 0. The van der Waals surface area contributed by atoms with Crippen molar-refractivity contribution in [2.45, 2.75) is 51.0 Å². The lowest BCUT2D eigenvalue weighted by atomic mass is 9.54. The maximum Gasteiger partial charge on any atom is 0.303 e. The smallest absolute Gasteiger partial charge is 0.303 e. The Kier molecular flexibility index (Phi) is 2.90. The van der Waals surface area contributed by atoms with Crippen LogP contribution in [0.2, 0.25) is 0 Å². The van der Waals surface area contributed by atoms with E-state index in [-0.39, 0.29) is 6.42 Å². The van der Waals surface area contributed by atoms with Gasteiger partial charge >= 0.3 is 5.97 Å². The van der Waals surface area contributed by atoms with E-state index in [0.717, 1.165) is 23.7 Å². The van der Waals surface area contributed by atoms with Crippen LogP contribution in [0.3, 0.4) is 0 Å². The van der Waals surface area contributed by atoms with Crippen LogP contribution >= 0.6 is 0 Å². The number of hydrogen-bond donors (Lipinski definition) is 1. The van der Waals surface area contributed by atoms with Crippen molar-refractivity contribution in [3.8, 4) is 0 Å². The van der Waals surface area contributed by atoms with Gasteiger partial charge < -0.3 is 9.67 Å². The molecule has 1 heterocycles. The van der Waals surface area contributed by atoms with Gasteiger partial charge in [0.1, 0.15) is 0 Å². The largest absolute Gasteiger partial charge is 0.481 e. The Labute approximate surface area is 120 Å². The molecule has 4 saturated carbocycles. The number of hydrogen-bond acceptors (Lipinski definition) is 1. The second kappa shape index (κ2) is 4.64. The van der Waals surface area contributed by atoms with E-state index >= 15 is 0 Å². The highest BCUT2D eigenvalue weighted by Gasteiger charge is 2.48. The van der Waals surface area contributed by atoms with E-state index in [4.69, 9.17) is 5.11 Å². The molecular weight excluding hydrogens is 250 g/mol. The van der Waals surface area contributed by atoms with Crippen LogP contribution in [0.1, 0.15) is 50.3 Å². The van der Waals surface area contributed by atoms with Crippen LogP contribution < -0.4 is 0 Å². The molecule has 4 fully saturated rings. The van der Waals surface area contributed by atoms with Crippen molar-refractivity contribution in [2.24, 2.45) is 23.7 Å². The lowest BCUT2D eigenvalue weighted by Crippen LogP contribution is -2.46. The Morgan fingerprint density at radius 1 is 1.15 bits per heavy atom. The zero-order valence-electron chi connectivity index (χ0n) is 11.9. The lowest BCUT2D eigenvalue weighted by molar-refractivity contribution is -0.137. The molecule has 3 heteroatoms. The van der Waals surface area contributed by atoms with Crippen molar-refractivity contribution in [3.63, 3.8) is 0 Å². The molecule has 0 radical (unpaired) electrons. The summed E-state index contributed by atoms with van der Waals surface area (Å²) >= 11 is 0. The first-order valence-corrected chi connectivity index (χ1v) is 8.08. The molecular formula is C17H23NO2. The lowest BCUT2D eigenvalue weighted by Gasteiger charge is -2.55. The van der Waals surface area contributed by atoms with Gasteiger partial charge in [-0.15, -0.1) is 0 Å². The van der Waals surface area contributed by atoms with E-state index < -0.39 is 5.97 Å². The number of carbonyl (C=O) groups is 1. The SMILES string of the molecule is O=C(O)CCc1cccn1C1C2CC3CC(C2)CC1C3. The van der Waals surface area contributed by atoms with E-state index in [1.165, 1.54) is 37.8 Å². The molecule has 0 aromatic carbocycles. The first-order valence-electron chi connectivity index (χ1n) is 8.08. The van der Waals surface area contributed by atoms with Crippen LogP contribution in [0.15, 0.2) is 18.3 Å². The quantitative estimate of drug-likeness (QED) is 0.912. The van der Waals surface area contributed by atoms with Gasteiger partial charge in [0, 0.05) is 17.9 Å². The van der Waals surface area contributed by atoms with Crippen LogP contribution in [0.4, 0.5) is 0 Å². The molecule has 0 spiro atoms. The van der Waals surface area contributed by atoms with Crippen LogP contribution in [0, 0.1) is 23.7 Å². The summed E-state index contributed by atoms with van der Waals surface area (Å²) in [5.41, 5.74) is 1.23. The Morgan fingerprint density at radius 3 is 2.40 bits per heavy atom. The summed E-state index contributed by atoms with van der Waals surface area (Å²) in [4.78, 5) is 10.8. The number of aromatic nitrogens is 1. The summed E-state index contributed by atoms with van der Waals surface area (Å²) in [6, 6.07) is 4.87. The third-order valence-electron chi connectivity index (χ3n) is 5.96. The first-order chi connectivity index (χ1) is 9.70. The number of nitrogens with zero attached hydrogens (tertiary/aromatic N) is 1. The van der Waals surface area contributed by atoms with E-state index in [9.17, 15) is 4.79 Å². The highest BCUT2D eigenvalue weighted by Crippen LogP contribution is 2.58. The zero-order chi connectivity index (χ0) is 13.7. The van der Waals surface area contributed by atoms with Gasteiger partial charge in [-0.25, -0.2) is 0 Å². The highest BCUT2D eigenvalue weighted by atomic mass is 16.4. The van der Waals surface area contributed by atoms with Crippen molar-refractivity contribution in [1.82, 2.24) is 4.57 Å². The monoisotopic (exact) mass is 273 g/mol. The molecule has 4 bridgehead atoms. The Balaban J connectivity index is 1.58. The minimum absolute atomic E-state index is 0.247. The average Bonchev–Trinajstić information content (AvgIpc) is 2.83. The van der Waals surface area contributed by atoms with Gasteiger partial charge in [-0.05, 0) is 74.3 Å². The number of aliphatic carboxylic acids is 1. The van der Waals surface area contributed by atoms with Gasteiger partial charge in [0.05, 0.1) is 6.42 Å². The number of carboxylic acid groups (broad SMARTS) is 1. The van der Waals surface area contributed by atoms with Crippen molar-refractivity contribution in [1.29, 1.82) is 0 Å². The highest BCUT2D eigenvalue weighted by molar-refractivity contribution is 5.66. The zero-order valence-corrected chi connectivity index (χ0v) is 11.9. The van der Waals surface area contributed by atoms with E-state index in [1.807, 2.05) is 0 Å². The molecule has 0 aliphatic heterocycles. The fraction of sp³-hybridized carbons (Fsp3) is 0.706. The molecule has 0 amide bonds. The van der Waals surface area contributed by atoms with E-state index in [0.29, 0.717) is 12.5 Å². The van der Waals surface area contributed by atoms with Gasteiger partial charge in [-0.1, -0.05) is 0 Å². The minimum atomic E-state index is -0.692. The fourth-order valence-corrected chi connectivity index (χ4v) is 5.52. The fourth-order valence-electron chi connectivity index (χ4n) is 5.52. The van der Waals surface area contributed by atoms with Gasteiger partial charge in [-0.3, -0.25) is 4.79 Å². The number of aryl methyl sites for hydroxylation is 1. The second-order valence-electron chi connectivity index (χ2n) is 7.22. The second-order valence-corrected chi connectivity index (χ2v) is 7.22. The molecule has 108 valence electrons. The minimum Gasteiger partial charge on any atom is -0.481 e. The predicted octanol–water partition coefficient (Wildman–Crippen LogP) is 3.50. The van der Waals surface area contributed by atoms with Gasteiger partial charge in [0.25, 0.3) is 0 Å². The molecule has 1 aromatic rings. The summed E-state index contributed by atoms with van der Waals surface area (Å²) in [5.74, 6) is 2.99. The maximum atomic E-state index is 10.8. The average molecular weight is 273 g/mol. The summed E-state index contributed by atoms with van der Waals surface area (Å²) in [7, 11) is 0. The summed E-state index contributed by atoms with van der Waals surface area (Å²) < 4.78 is 2.44. The van der Waals surface area contributed by atoms with Crippen molar-refractivity contribution in [2.75, 3.05) is 0 Å². The Morgan fingerprint density at radius 2 is 1.80 bits per heavy atom. The molecule has 3 nitrogen and oxygen atoms in total. The third-order valence-corrected chi connectivity index (χ3v) is 5.96. The van der Waals surface area contributed by atoms with Crippen LogP contribution in [0.25, 0.3) is 0 Å².